The van der Waals surface area contributed by atoms with Crippen molar-refractivity contribution in [3.63, 3.8) is 0 Å². The van der Waals surface area contributed by atoms with Gasteiger partial charge in [-0.25, -0.2) is 14.0 Å². The predicted octanol–water partition coefficient (Wildman–Crippen LogP) is 4.70. The molecule has 1 aliphatic heterocycles. The number of hydrogen-bond donors (Lipinski definition) is 2. The van der Waals surface area contributed by atoms with Gasteiger partial charge in [0, 0.05) is 30.4 Å². The van der Waals surface area contributed by atoms with Crippen molar-refractivity contribution in [2.45, 2.75) is 12.9 Å². The monoisotopic (exact) mass is 506 g/mol. The summed E-state index contributed by atoms with van der Waals surface area (Å²) < 4.78 is 80.9. The number of methoxy groups -OCH3 is 1. The molecule has 1 heterocycles. The number of alkyl halides is 3. The maximum absolute atomic E-state index is 14.7. The molecule has 3 rings (SSSR count). The van der Waals surface area contributed by atoms with Gasteiger partial charge >= 0.3 is 18.4 Å². The minimum absolute atomic E-state index is 0.000168. The van der Waals surface area contributed by atoms with Crippen LogP contribution in [0.1, 0.15) is 15.9 Å². The lowest BCUT2D eigenvalue weighted by Gasteiger charge is -2.42. The van der Waals surface area contributed by atoms with Crippen LogP contribution in [-0.2, 0) is 11.3 Å². The molecule has 0 aromatic heterocycles. The molecule has 2 N–H and O–H groups in total. The van der Waals surface area contributed by atoms with Crippen LogP contribution in [0.15, 0.2) is 42.5 Å². The Balaban J connectivity index is 1.94. The number of esters is 1. The second-order valence-corrected chi connectivity index (χ2v) is 9.83. The van der Waals surface area contributed by atoms with Crippen molar-refractivity contribution in [3.05, 3.63) is 59.4 Å². The van der Waals surface area contributed by atoms with Gasteiger partial charge < -0.3 is 14.4 Å². The summed E-state index contributed by atoms with van der Waals surface area (Å²) in [6.45, 7) is -0.380. The summed E-state index contributed by atoms with van der Waals surface area (Å²) in [4.78, 5) is 27.3. The van der Waals surface area contributed by atoms with Crippen LogP contribution >= 0.6 is 10.6 Å². The van der Waals surface area contributed by atoms with Crippen molar-refractivity contribution >= 4 is 28.3 Å². The van der Waals surface area contributed by atoms with Crippen molar-refractivity contribution < 1.29 is 45.7 Å². The molecule has 2 aromatic carbocycles. The number of anilines is 1. The fourth-order valence-corrected chi connectivity index (χ4v) is 4.53. The fraction of sp³-hybridized carbons (Fsp3) is 0.333. The van der Waals surface area contributed by atoms with Crippen molar-refractivity contribution in [2.24, 2.45) is 0 Å². The Bertz CT molecular complexity index is 1060. The Hall–Kier alpha value is -3.03. The number of carbonyl (C=O) groups excluding carboxylic acids is 2. The summed E-state index contributed by atoms with van der Waals surface area (Å²) in [7, 11) is -1.67. The summed E-state index contributed by atoms with van der Waals surface area (Å²) >= 11 is 0. The first-order valence-corrected chi connectivity index (χ1v) is 11.8. The van der Waals surface area contributed by atoms with Gasteiger partial charge in [0.25, 0.3) is 0 Å². The van der Waals surface area contributed by atoms with Crippen LogP contribution in [-0.4, -0.2) is 64.1 Å². The standard InChI is InChI=1S/C21H22F4N2O6S/c1-32-19(28)14-5-6-15(18(22)11-14)13-27(20(29)26-7-9-34(30,31)10-8-26)16-3-2-4-17(12-16)33-21(23,24)25/h2-6,11-12,30-31H,7-10,13H2,1H3. The first kappa shape index (κ1) is 25.6. The normalized spacial score (nSPS) is 16.5. The molecule has 1 saturated heterocycles. The fourth-order valence-electron chi connectivity index (χ4n) is 3.30. The lowest BCUT2D eigenvalue weighted by atomic mass is 10.1. The molecule has 13 heteroatoms. The average molecular weight is 506 g/mol. The molecular weight excluding hydrogens is 484 g/mol. The molecule has 8 nitrogen and oxygen atoms in total. The topological polar surface area (TPSA) is 99.5 Å². The van der Waals surface area contributed by atoms with Crippen molar-refractivity contribution in [2.75, 3.05) is 36.6 Å². The van der Waals surface area contributed by atoms with Gasteiger partial charge in [0.05, 0.1) is 30.7 Å². The van der Waals surface area contributed by atoms with E-state index in [4.69, 9.17) is 0 Å². The number of hydrogen-bond acceptors (Lipinski definition) is 6. The molecule has 0 aliphatic carbocycles. The highest BCUT2D eigenvalue weighted by Gasteiger charge is 2.33. The van der Waals surface area contributed by atoms with Crippen molar-refractivity contribution in [1.82, 2.24) is 4.90 Å². The Kier molecular flexibility index (Phi) is 7.58. The number of nitrogens with zero attached hydrogens (tertiary/aromatic N) is 2. The van der Waals surface area contributed by atoms with Gasteiger partial charge in [0.15, 0.2) is 0 Å². The van der Waals surface area contributed by atoms with Crippen LogP contribution in [0.5, 0.6) is 5.75 Å². The van der Waals surface area contributed by atoms with Gasteiger partial charge in [-0.15, -0.1) is 13.2 Å². The Morgan fingerprint density at radius 3 is 2.38 bits per heavy atom. The summed E-state index contributed by atoms with van der Waals surface area (Å²) in [6, 6.07) is 7.49. The third kappa shape index (κ3) is 6.52. The van der Waals surface area contributed by atoms with E-state index in [0.717, 1.165) is 30.2 Å². The lowest BCUT2D eigenvalue weighted by molar-refractivity contribution is -0.274. The van der Waals surface area contributed by atoms with E-state index < -0.39 is 40.5 Å². The minimum Gasteiger partial charge on any atom is -0.465 e. The van der Waals surface area contributed by atoms with Gasteiger partial charge in [0.1, 0.15) is 11.6 Å². The second kappa shape index (κ2) is 10.1. The predicted molar refractivity (Wildman–Crippen MR) is 117 cm³/mol. The number of urea groups is 1. The maximum Gasteiger partial charge on any atom is 0.573 e. The molecule has 0 saturated carbocycles. The zero-order valence-corrected chi connectivity index (χ0v) is 18.7. The van der Waals surface area contributed by atoms with Gasteiger partial charge in [-0.3, -0.25) is 14.0 Å². The molecule has 1 aliphatic rings. The summed E-state index contributed by atoms with van der Waals surface area (Å²) in [5.41, 5.74) is -0.0618. The van der Waals surface area contributed by atoms with E-state index in [1.54, 1.807) is 0 Å². The zero-order valence-electron chi connectivity index (χ0n) is 17.9. The number of rotatable bonds is 5. The van der Waals surface area contributed by atoms with E-state index in [1.165, 1.54) is 29.2 Å². The van der Waals surface area contributed by atoms with E-state index >= 15 is 0 Å². The van der Waals surface area contributed by atoms with Crippen LogP contribution in [0, 0.1) is 5.82 Å². The zero-order chi connectivity index (χ0) is 25.1. The third-order valence-electron chi connectivity index (χ3n) is 5.04. The molecule has 1 fully saturated rings. The van der Waals surface area contributed by atoms with Crippen LogP contribution in [0.4, 0.5) is 28.0 Å². The summed E-state index contributed by atoms with van der Waals surface area (Å²) in [6.07, 6.45) is -4.95. The van der Waals surface area contributed by atoms with Gasteiger partial charge in [-0.05, 0) is 24.3 Å². The average Bonchev–Trinajstić information content (AvgIpc) is 2.76. The molecular formula is C21H22F4N2O6S. The molecule has 0 unspecified atom stereocenters. The molecule has 186 valence electrons. The Morgan fingerprint density at radius 1 is 1.12 bits per heavy atom. The van der Waals surface area contributed by atoms with Crippen LogP contribution in [0.2, 0.25) is 0 Å². The maximum atomic E-state index is 14.7. The molecule has 0 spiro atoms. The van der Waals surface area contributed by atoms with Gasteiger partial charge in [-0.2, -0.15) is 10.6 Å². The number of ether oxygens (including phenoxy) is 2. The lowest BCUT2D eigenvalue weighted by Crippen LogP contribution is -2.48. The molecule has 0 bridgehead atoms. The summed E-state index contributed by atoms with van der Waals surface area (Å²) in [5, 5.41) is 0. The number of amides is 2. The third-order valence-corrected chi connectivity index (χ3v) is 6.72. The number of halogens is 4. The SMILES string of the molecule is COC(=O)c1ccc(CN(C(=O)N2CCS(O)(O)CC2)c2cccc(OC(F)(F)F)c2)c(F)c1. The molecule has 0 atom stereocenters. The molecule has 2 aromatic rings. The summed E-state index contributed by atoms with van der Waals surface area (Å²) in [5.74, 6) is -2.26. The van der Waals surface area contributed by atoms with E-state index in [-0.39, 0.29) is 48.0 Å². The Morgan fingerprint density at radius 2 is 1.79 bits per heavy atom. The van der Waals surface area contributed by atoms with Crippen LogP contribution in [0.25, 0.3) is 0 Å². The van der Waals surface area contributed by atoms with E-state index in [1.807, 2.05) is 0 Å². The highest BCUT2D eigenvalue weighted by molar-refractivity contribution is 8.24. The van der Waals surface area contributed by atoms with Crippen molar-refractivity contribution in [3.8, 4) is 5.75 Å². The first-order chi connectivity index (χ1) is 15.9. The van der Waals surface area contributed by atoms with Gasteiger partial charge in [-0.1, -0.05) is 12.1 Å². The van der Waals surface area contributed by atoms with Crippen molar-refractivity contribution in [1.29, 1.82) is 0 Å². The van der Waals surface area contributed by atoms with E-state index in [9.17, 15) is 36.3 Å². The second-order valence-electron chi connectivity index (χ2n) is 7.41. The van der Waals surface area contributed by atoms with Crippen LogP contribution < -0.4 is 9.64 Å². The molecule has 2 amide bonds. The first-order valence-electron chi connectivity index (χ1n) is 9.91. The molecule has 34 heavy (non-hydrogen) atoms. The van der Waals surface area contributed by atoms with E-state index in [2.05, 4.69) is 9.47 Å². The quantitative estimate of drug-likeness (QED) is 0.451. The Labute approximate surface area is 194 Å². The van der Waals surface area contributed by atoms with Crippen LogP contribution in [0.3, 0.4) is 0 Å². The molecule has 0 radical (unpaired) electrons. The smallest absolute Gasteiger partial charge is 0.465 e. The van der Waals surface area contributed by atoms with Gasteiger partial charge in [0.2, 0.25) is 0 Å². The largest absolute Gasteiger partial charge is 0.573 e. The highest BCUT2D eigenvalue weighted by Crippen LogP contribution is 2.40. The number of benzene rings is 2. The number of carbonyl (C=O) groups is 2. The minimum atomic E-state index is -4.95. The van der Waals surface area contributed by atoms with E-state index in [0.29, 0.717) is 0 Å². The highest BCUT2D eigenvalue weighted by atomic mass is 32.3.